The number of nitrogens with one attached hydrogen (secondary N) is 1. The lowest BCUT2D eigenvalue weighted by Gasteiger charge is -2.15. The predicted octanol–water partition coefficient (Wildman–Crippen LogP) is 4.47. The van der Waals surface area contributed by atoms with Gasteiger partial charge in [0.05, 0.1) is 30.5 Å². The zero-order valence-electron chi connectivity index (χ0n) is 14.5. The first-order valence-corrected chi connectivity index (χ1v) is 8.11. The van der Waals surface area contributed by atoms with Gasteiger partial charge in [-0.3, -0.25) is 4.98 Å². The summed E-state index contributed by atoms with van der Waals surface area (Å²) in [6.07, 6.45) is 0. The van der Waals surface area contributed by atoms with Crippen molar-refractivity contribution in [2.24, 2.45) is 0 Å². The van der Waals surface area contributed by atoms with Gasteiger partial charge in [0.15, 0.2) is 0 Å². The van der Waals surface area contributed by atoms with Crippen molar-refractivity contribution in [1.29, 1.82) is 0 Å². The molecule has 25 heavy (non-hydrogen) atoms. The third-order valence-electron chi connectivity index (χ3n) is 3.81. The van der Waals surface area contributed by atoms with Gasteiger partial charge in [0.25, 0.3) is 0 Å². The molecule has 2 aromatic carbocycles. The average Bonchev–Trinajstić information content (AvgIpc) is 2.62. The minimum Gasteiger partial charge on any atom is -0.492 e. The van der Waals surface area contributed by atoms with Crippen molar-refractivity contribution in [3.05, 3.63) is 59.8 Å². The van der Waals surface area contributed by atoms with E-state index < -0.39 is 0 Å². The van der Waals surface area contributed by atoms with Crippen LogP contribution in [-0.4, -0.2) is 24.7 Å². The van der Waals surface area contributed by atoms with Gasteiger partial charge >= 0.3 is 5.97 Å². The van der Waals surface area contributed by atoms with Crippen LogP contribution in [0.1, 0.15) is 23.0 Å². The number of carbonyl (C=O) groups excluding carboxylic acids is 1. The third-order valence-corrected chi connectivity index (χ3v) is 3.81. The molecule has 0 aliphatic rings. The maximum absolute atomic E-state index is 11.8. The number of carbonyl (C=O) groups is 1. The first-order valence-electron chi connectivity index (χ1n) is 8.11. The van der Waals surface area contributed by atoms with Crippen molar-refractivity contribution < 1.29 is 14.3 Å². The van der Waals surface area contributed by atoms with E-state index in [0.717, 1.165) is 33.7 Å². The van der Waals surface area contributed by atoms with Crippen molar-refractivity contribution in [2.45, 2.75) is 13.8 Å². The topological polar surface area (TPSA) is 60.5 Å². The van der Waals surface area contributed by atoms with Crippen molar-refractivity contribution >= 4 is 28.2 Å². The zero-order valence-corrected chi connectivity index (χ0v) is 14.5. The number of anilines is 2. The number of rotatable bonds is 5. The van der Waals surface area contributed by atoms with Crippen molar-refractivity contribution in [3.63, 3.8) is 0 Å². The maximum atomic E-state index is 11.8. The molecule has 0 radical (unpaired) electrons. The van der Waals surface area contributed by atoms with Crippen LogP contribution in [0.4, 0.5) is 11.4 Å². The largest absolute Gasteiger partial charge is 0.492 e. The van der Waals surface area contributed by atoms with E-state index in [4.69, 9.17) is 9.47 Å². The molecular weight excluding hydrogens is 316 g/mol. The molecule has 1 N–H and O–H groups in total. The van der Waals surface area contributed by atoms with E-state index in [9.17, 15) is 4.79 Å². The number of benzene rings is 2. The summed E-state index contributed by atoms with van der Waals surface area (Å²) in [5.41, 5.74) is 3.90. The maximum Gasteiger partial charge on any atom is 0.337 e. The molecule has 0 spiro atoms. The van der Waals surface area contributed by atoms with Crippen molar-refractivity contribution in [3.8, 4) is 5.75 Å². The number of esters is 1. The second-order valence-electron chi connectivity index (χ2n) is 5.59. The number of aryl methyl sites for hydroxylation is 1. The Morgan fingerprint density at radius 1 is 1.12 bits per heavy atom. The fourth-order valence-electron chi connectivity index (χ4n) is 2.70. The van der Waals surface area contributed by atoms with Crippen molar-refractivity contribution in [1.82, 2.24) is 4.98 Å². The highest BCUT2D eigenvalue weighted by atomic mass is 16.5. The Balaban J connectivity index is 2.10. The summed E-state index contributed by atoms with van der Waals surface area (Å²) in [6.45, 7) is 4.47. The highest BCUT2D eigenvalue weighted by molar-refractivity contribution is 6.00. The molecule has 3 aromatic rings. The van der Waals surface area contributed by atoms with Gasteiger partial charge in [0.1, 0.15) is 5.75 Å². The molecule has 0 saturated heterocycles. The number of fused-ring (bicyclic) bond motifs is 1. The van der Waals surface area contributed by atoms with Gasteiger partial charge in [-0.15, -0.1) is 0 Å². The SMILES string of the molecule is CCOc1ccccc1Nc1cc(C)nc2ccc(C(=O)OC)cc12. The van der Waals surface area contributed by atoms with Crippen LogP contribution in [0, 0.1) is 6.92 Å². The average molecular weight is 336 g/mol. The minimum atomic E-state index is -0.372. The number of hydrogen-bond donors (Lipinski definition) is 1. The summed E-state index contributed by atoms with van der Waals surface area (Å²) in [7, 11) is 1.37. The molecule has 0 bridgehead atoms. The van der Waals surface area contributed by atoms with Gasteiger partial charge in [-0.25, -0.2) is 4.79 Å². The number of para-hydroxylation sites is 2. The van der Waals surface area contributed by atoms with E-state index in [0.29, 0.717) is 12.2 Å². The quantitative estimate of drug-likeness (QED) is 0.697. The Labute approximate surface area is 146 Å². The van der Waals surface area contributed by atoms with E-state index in [-0.39, 0.29) is 5.97 Å². The molecule has 0 fully saturated rings. The summed E-state index contributed by atoms with van der Waals surface area (Å²) < 4.78 is 10.5. The molecule has 128 valence electrons. The number of hydrogen-bond acceptors (Lipinski definition) is 5. The lowest BCUT2D eigenvalue weighted by atomic mass is 10.1. The number of aromatic nitrogens is 1. The molecule has 3 rings (SSSR count). The molecule has 0 aliphatic carbocycles. The van der Waals surface area contributed by atoms with E-state index in [1.54, 1.807) is 12.1 Å². The normalized spacial score (nSPS) is 10.5. The number of pyridine rings is 1. The summed E-state index contributed by atoms with van der Waals surface area (Å²) >= 11 is 0. The lowest BCUT2D eigenvalue weighted by molar-refractivity contribution is 0.0601. The monoisotopic (exact) mass is 336 g/mol. The van der Waals surface area contributed by atoms with Crippen LogP contribution in [0.2, 0.25) is 0 Å². The number of nitrogens with zero attached hydrogens (tertiary/aromatic N) is 1. The van der Waals surface area contributed by atoms with E-state index in [1.165, 1.54) is 7.11 Å². The lowest BCUT2D eigenvalue weighted by Crippen LogP contribution is -2.02. The van der Waals surface area contributed by atoms with Crippen LogP contribution >= 0.6 is 0 Å². The summed E-state index contributed by atoms with van der Waals surface area (Å²) in [4.78, 5) is 16.4. The first kappa shape index (κ1) is 16.8. The Hall–Kier alpha value is -3.08. The molecule has 1 heterocycles. The fourth-order valence-corrected chi connectivity index (χ4v) is 2.70. The Bertz CT molecular complexity index is 922. The minimum absolute atomic E-state index is 0.372. The van der Waals surface area contributed by atoms with Crippen LogP contribution < -0.4 is 10.1 Å². The van der Waals surface area contributed by atoms with Gasteiger partial charge in [-0.1, -0.05) is 12.1 Å². The zero-order chi connectivity index (χ0) is 17.8. The molecule has 0 unspecified atom stereocenters. The van der Waals surface area contributed by atoms with Gasteiger partial charge in [0, 0.05) is 16.8 Å². The summed E-state index contributed by atoms with van der Waals surface area (Å²) in [5.74, 6) is 0.403. The molecule has 1 aromatic heterocycles. The van der Waals surface area contributed by atoms with Crippen LogP contribution in [0.25, 0.3) is 10.9 Å². The smallest absolute Gasteiger partial charge is 0.337 e. The molecular formula is C20H20N2O3. The standard InChI is InChI=1S/C20H20N2O3/c1-4-25-19-8-6-5-7-17(19)22-18-11-13(2)21-16-10-9-14(12-15(16)18)20(23)24-3/h5-12H,4H2,1-3H3,(H,21,22). The van der Waals surface area contributed by atoms with E-state index in [1.807, 2.05) is 50.2 Å². The van der Waals surface area contributed by atoms with Gasteiger partial charge in [-0.05, 0) is 50.2 Å². The molecule has 5 heteroatoms. The van der Waals surface area contributed by atoms with Crippen molar-refractivity contribution in [2.75, 3.05) is 19.0 Å². The van der Waals surface area contributed by atoms with Crippen LogP contribution in [-0.2, 0) is 4.74 Å². The second kappa shape index (κ2) is 7.21. The van der Waals surface area contributed by atoms with Crippen LogP contribution in [0.15, 0.2) is 48.5 Å². The molecule has 0 amide bonds. The van der Waals surface area contributed by atoms with Crippen LogP contribution in [0.5, 0.6) is 5.75 Å². The number of methoxy groups -OCH3 is 1. The van der Waals surface area contributed by atoms with E-state index >= 15 is 0 Å². The first-order chi connectivity index (χ1) is 12.1. The molecule has 0 atom stereocenters. The highest BCUT2D eigenvalue weighted by Crippen LogP contribution is 2.32. The Morgan fingerprint density at radius 2 is 1.92 bits per heavy atom. The Morgan fingerprint density at radius 3 is 2.68 bits per heavy atom. The van der Waals surface area contributed by atoms with Gasteiger partial charge in [0.2, 0.25) is 0 Å². The fraction of sp³-hybridized carbons (Fsp3) is 0.200. The van der Waals surface area contributed by atoms with Gasteiger partial charge in [-0.2, -0.15) is 0 Å². The van der Waals surface area contributed by atoms with E-state index in [2.05, 4.69) is 10.3 Å². The number of ether oxygens (including phenoxy) is 2. The van der Waals surface area contributed by atoms with Crippen LogP contribution in [0.3, 0.4) is 0 Å². The van der Waals surface area contributed by atoms with Gasteiger partial charge < -0.3 is 14.8 Å². The predicted molar refractivity (Wildman–Crippen MR) is 98.7 cm³/mol. The molecule has 5 nitrogen and oxygen atoms in total. The third kappa shape index (κ3) is 3.55. The molecule has 0 aliphatic heterocycles. The summed E-state index contributed by atoms with van der Waals surface area (Å²) in [5, 5.41) is 4.26. The second-order valence-corrected chi connectivity index (χ2v) is 5.59. The summed E-state index contributed by atoms with van der Waals surface area (Å²) in [6, 6.07) is 15.0. The molecule has 0 saturated carbocycles. The Kier molecular flexibility index (Phi) is 4.84. The highest BCUT2D eigenvalue weighted by Gasteiger charge is 2.11.